The summed E-state index contributed by atoms with van der Waals surface area (Å²) in [5, 5.41) is 19.5. The van der Waals surface area contributed by atoms with Gasteiger partial charge in [-0.25, -0.2) is 0 Å². The molecule has 156 valence electrons. The lowest BCUT2D eigenvalue weighted by molar-refractivity contribution is -0.144. The lowest BCUT2D eigenvalue weighted by atomic mass is 9.92. The molecule has 1 fully saturated rings. The van der Waals surface area contributed by atoms with Crippen molar-refractivity contribution in [3.63, 3.8) is 0 Å². The number of ether oxygens (including phenoxy) is 2. The van der Waals surface area contributed by atoms with Crippen LogP contribution in [0.1, 0.15) is 32.1 Å². The zero-order valence-corrected chi connectivity index (χ0v) is 17.3. The lowest BCUT2D eigenvalue weighted by Gasteiger charge is -2.22. The van der Waals surface area contributed by atoms with E-state index < -0.39 is 6.10 Å². The van der Waals surface area contributed by atoms with Crippen molar-refractivity contribution < 1.29 is 24.5 Å². The molecule has 1 aromatic rings. The largest absolute Gasteiger partial charge is 0.493 e. The van der Waals surface area contributed by atoms with Gasteiger partial charge in [0.25, 0.3) is 0 Å². The Bertz CT molecular complexity index is 620. The van der Waals surface area contributed by atoms with Gasteiger partial charge in [-0.15, -0.1) is 11.6 Å². The second-order valence-electron chi connectivity index (χ2n) is 6.96. The zero-order chi connectivity index (χ0) is 20.4. The number of benzene rings is 1. The second kappa shape index (κ2) is 12.3. The van der Waals surface area contributed by atoms with E-state index in [-0.39, 0.29) is 36.4 Å². The number of hydrogen-bond donors (Lipinski definition) is 2. The molecule has 0 saturated heterocycles. The number of alkyl halides is 1. The molecule has 0 bridgehead atoms. The van der Waals surface area contributed by atoms with E-state index in [4.69, 9.17) is 37.8 Å². The SMILES string of the molecule is O=C(CCC/C=C\C[C@@H]1[C@@H](COc2ccc(Cl)cc2)[C@H](O)C[C@H]1Cl)OCCO. The topological polar surface area (TPSA) is 76.0 Å². The van der Waals surface area contributed by atoms with Gasteiger partial charge in [0.15, 0.2) is 0 Å². The van der Waals surface area contributed by atoms with Gasteiger partial charge in [-0.05, 0) is 55.9 Å². The van der Waals surface area contributed by atoms with Gasteiger partial charge in [-0.1, -0.05) is 23.8 Å². The molecule has 4 atom stereocenters. The maximum absolute atomic E-state index is 11.3. The molecular formula is C21H28Cl2O5. The Labute approximate surface area is 176 Å². The molecular weight excluding hydrogens is 403 g/mol. The predicted molar refractivity (Wildman–Crippen MR) is 110 cm³/mol. The van der Waals surface area contributed by atoms with Crippen LogP contribution in [0.5, 0.6) is 5.75 Å². The van der Waals surface area contributed by atoms with Crippen LogP contribution in [0.2, 0.25) is 5.02 Å². The molecule has 1 aliphatic rings. The Morgan fingerprint density at radius 3 is 2.68 bits per heavy atom. The van der Waals surface area contributed by atoms with Crippen molar-refractivity contribution in [3.05, 3.63) is 41.4 Å². The Kier molecular flexibility index (Phi) is 10.1. The van der Waals surface area contributed by atoms with E-state index in [9.17, 15) is 9.90 Å². The summed E-state index contributed by atoms with van der Waals surface area (Å²) in [6.45, 7) is 0.303. The highest BCUT2D eigenvalue weighted by molar-refractivity contribution is 6.30. The Balaban J connectivity index is 1.74. The molecule has 0 aromatic heterocycles. The fourth-order valence-corrected chi connectivity index (χ4v) is 3.98. The molecule has 0 spiro atoms. The number of unbranched alkanes of at least 4 members (excludes halogenated alkanes) is 1. The first-order valence-electron chi connectivity index (χ1n) is 9.63. The molecule has 5 nitrogen and oxygen atoms in total. The highest BCUT2D eigenvalue weighted by Crippen LogP contribution is 2.39. The predicted octanol–water partition coefficient (Wildman–Crippen LogP) is 3.98. The van der Waals surface area contributed by atoms with Gasteiger partial charge < -0.3 is 19.7 Å². The fraction of sp³-hybridized carbons (Fsp3) is 0.571. The Morgan fingerprint density at radius 1 is 1.21 bits per heavy atom. The van der Waals surface area contributed by atoms with Crippen LogP contribution < -0.4 is 4.74 Å². The van der Waals surface area contributed by atoms with Crippen LogP contribution in [-0.4, -0.2) is 47.5 Å². The molecule has 28 heavy (non-hydrogen) atoms. The number of rotatable bonds is 11. The third kappa shape index (κ3) is 7.63. The highest BCUT2D eigenvalue weighted by Gasteiger charge is 2.41. The van der Waals surface area contributed by atoms with Crippen LogP contribution in [0.3, 0.4) is 0 Å². The number of carbonyl (C=O) groups excluding carboxylic acids is 1. The minimum atomic E-state index is -0.477. The minimum absolute atomic E-state index is 0.0312. The lowest BCUT2D eigenvalue weighted by Crippen LogP contribution is -2.27. The van der Waals surface area contributed by atoms with Crippen molar-refractivity contribution in [3.8, 4) is 5.75 Å². The van der Waals surface area contributed by atoms with Gasteiger partial charge in [-0.2, -0.15) is 0 Å². The van der Waals surface area contributed by atoms with Gasteiger partial charge >= 0.3 is 5.97 Å². The van der Waals surface area contributed by atoms with Crippen molar-refractivity contribution in [1.29, 1.82) is 0 Å². The monoisotopic (exact) mass is 430 g/mol. The van der Waals surface area contributed by atoms with Crippen LogP contribution in [0.4, 0.5) is 0 Å². The third-order valence-electron chi connectivity index (χ3n) is 4.91. The average molecular weight is 431 g/mol. The zero-order valence-electron chi connectivity index (χ0n) is 15.8. The van der Waals surface area contributed by atoms with Gasteiger partial charge in [0.1, 0.15) is 12.4 Å². The second-order valence-corrected chi connectivity index (χ2v) is 7.95. The first-order chi connectivity index (χ1) is 13.5. The quantitative estimate of drug-likeness (QED) is 0.240. The molecule has 0 heterocycles. The van der Waals surface area contributed by atoms with E-state index in [1.165, 1.54) is 0 Å². The van der Waals surface area contributed by atoms with Crippen LogP contribution in [0.15, 0.2) is 36.4 Å². The third-order valence-corrected chi connectivity index (χ3v) is 5.67. The summed E-state index contributed by atoms with van der Waals surface area (Å²) in [6, 6.07) is 7.16. The molecule has 1 aliphatic carbocycles. The standard InChI is InChI=1S/C21H28Cl2O5/c22-15-7-9-16(10-8-15)28-14-18-17(19(23)13-20(18)25)5-3-1-2-4-6-21(26)27-12-11-24/h1,3,7-10,17-20,24-25H,2,4-6,11-14H2/b3-1-/t17-,18-,19-,20-/m1/s1. The number of aliphatic hydroxyl groups is 2. The summed E-state index contributed by atoms with van der Waals surface area (Å²) >= 11 is 12.3. The van der Waals surface area contributed by atoms with Gasteiger partial charge in [0.2, 0.25) is 0 Å². The summed E-state index contributed by atoms with van der Waals surface area (Å²) in [7, 11) is 0. The summed E-state index contributed by atoms with van der Waals surface area (Å²) in [4.78, 5) is 11.3. The van der Waals surface area contributed by atoms with E-state index in [0.717, 1.165) is 18.6 Å². The summed E-state index contributed by atoms with van der Waals surface area (Å²) in [6.07, 6.45) is 6.73. The summed E-state index contributed by atoms with van der Waals surface area (Å²) in [5.41, 5.74) is 0. The van der Waals surface area contributed by atoms with Crippen molar-refractivity contribution in [1.82, 2.24) is 0 Å². The average Bonchev–Trinajstić information content (AvgIpc) is 2.95. The Hall–Kier alpha value is -1.27. The molecule has 7 heteroatoms. The van der Waals surface area contributed by atoms with E-state index in [1.54, 1.807) is 12.1 Å². The number of halogens is 2. The van der Waals surface area contributed by atoms with Crippen molar-refractivity contribution in [2.24, 2.45) is 11.8 Å². The Morgan fingerprint density at radius 2 is 1.96 bits per heavy atom. The first kappa shape index (κ1) is 23.0. The number of aliphatic hydroxyl groups excluding tert-OH is 2. The molecule has 0 radical (unpaired) electrons. The molecule has 0 aliphatic heterocycles. The smallest absolute Gasteiger partial charge is 0.305 e. The van der Waals surface area contributed by atoms with Gasteiger partial charge in [0.05, 0.1) is 19.3 Å². The fourth-order valence-electron chi connectivity index (χ4n) is 3.38. The first-order valence-corrected chi connectivity index (χ1v) is 10.4. The van der Waals surface area contributed by atoms with E-state index in [1.807, 2.05) is 18.2 Å². The van der Waals surface area contributed by atoms with Crippen molar-refractivity contribution in [2.45, 2.75) is 43.6 Å². The minimum Gasteiger partial charge on any atom is -0.493 e. The molecule has 1 aromatic carbocycles. The molecule has 1 saturated carbocycles. The van der Waals surface area contributed by atoms with Crippen LogP contribution in [0.25, 0.3) is 0 Å². The molecule has 2 N–H and O–H groups in total. The highest BCUT2D eigenvalue weighted by atomic mass is 35.5. The van der Waals surface area contributed by atoms with Gasteiger partial charge in [0, 0.05) is 22.7 Å². The number of esters is 1. The van der Waals surface area contributed by atoms with Crippen LogP contribution in [0, 0.1) is 11.8 Å². The van der Waals surface area contributed by atoms with Crippen LogP contribution >= 0.6 is 23.2 Å². The van der Waals surface area contributed by atoms with Crippen LogP contribution in [-0.2, 0) is 9.53 Å². The van der Waals surface area contributed by atoms with E-state index in [2.05, 4.69) is 6.08 Å². The summed E-state index contributed by atoms with van der Waals surface area (Å²) < 4.78 is 10.6. The maximum Gasteiger partial charge on any atom is 0.305 e. The number of allylic oxidation sites excluding steroid dienone is 2. The maximum atomic E-state index is 11.3. The number of carbonyl (C=O) groups is 1. The van der Waals surface area contributed by atoms with E-state index in [0.29, 0.717) is 30.9 Å². The molecule has 2 rings (SSSR count). The number of hydrogen-bond acceptors (Lipinski definition) is 5. The van der Waals surface area contributed by atoms with E-state index >= 15 is 0 Å². The van der Waals surface area contributed by atoms with Gasteiger partial charge in [-0.3, -0.25) is 4.79 Å². The van der Waals surface area contributed by atoms with Crippen molar-refractivity contribution in [2.75, 3.05) is 19.8 Å². The summed E-state index contributed by atoms with van der Waals surface area (Å²) in [5.74, 6) is 0.532. The van der Waals surface area contributed by atoms with Crippen molar-refractivity contribution >= 4 is 29.2 Å². The normalized spacial score (nSPS) is 24.6. The molecule has 0 unspecified atom stereocenters. The molecule has 0 amide bonds.